The average Bonchev–Trinajstić information content (AvgIpc) is 2.37. The molecule has 0 radical (unpaired) electrons. The quantitative estimate of drug-likeness (QED) is 0.807. The highest BCUT2D eigenvalue weighted by Gasteiger charge is 2.32. The van der Waals surface area contributed by atoms with Gasteiger partial charge in [0.15, 0.2) is 0 Å². The molecule has 3 nitrogen and oxygen atoms in total. The van der Waals surface area contributed by atoms with Crippen LogP contribution in [0.15, 0.2) is 18.2 Å². The SMILES string of the molecule is O=C(c1cc(F)cc(C(F)(F)F)c1)N1CCC(O)CC1. The lowest BCUT2D eigenvalue weighted by Gasteiger charge is -2.29. The van der Waals surface area contributed by atoms with E-state index < -0.39 is 29.6 Å². The van der Waals surface area contributed by atoms with Gasteiger partial charge in [0.05, 0.1) is 11.7 Å². The number of halogens is 4. The molecule has 20 heavy (non-hydrogen) atoms. The molecule has 0 aliphatic carbocycles. The first-order chi connectivity index (χ1) is 9.27. The van der Waals surface area contributed by atoms with E-state index in [4.69, 9.17) is 0 Å². The Hall–Kier alpha value is -1.63. The van der Waals surface area contributed by atoms with Crippen molar-refractivity contribution in [3.63, 3.8) is 0 Å². The predicted octanol–water partition coefficient (Wildman–Crippen LogP) is 2.44. The Morgan fingerprint density at radius 1 is 1.20 bits per heavy atom. The molecule has 0 spiro atoms. The third-order valence-corrected chi connectivity index (χ3v) is 3.22. The van der Waals surface area contributed by atoms with Crippen LogP contribution in [0.2, 0.25) is 0 Å². The second kappa shape index (κ2) is 5.40. The van der Waals surface area contributed by atoms with Crippen molar-refractivity contribution in [1.29, 1.82) is 0 Å². The summed E-state index contributed by atoms with van der Waals surface area (Å²) in [7, 11) is 0. The Morgan fingerprint density at radius 3 is 2.35 bits per heavy atom. The minimum atomic E-state index is -4.70. The van der Waals surface area contributed by atoms with E-state index in [1.807, 2.05) is 0 Å². The van der Waals surface area contributed by atoms with Gasteiger partial charge in [0, 0.05) is 18.7 Å². The van der Waals surface area contributed by atoms with Crippen LogP contribution in [0.25, 0.3) is 0 Å². The van der Waals surface area contributed by atoms with Gasteiger partial charge in [-0.2, -0.15) is 13.2 Å². The van der Waals surface area contributed by atoms with Gasteiger partial charge < -0.3 is 10.0 Å². The molecular formula is C13H13F4NO2. The van der Waals surface area contributed by atoms with E-state index in [0.717, 1.165) is 6.07 Å². The molecule has 0 atom stereocenters. The summed E-state index contributed by atoms with van der Waals surface area (Å²) in [6, 6.07) is 1.80. The molecule has 1 saturated heterocycles. The van der Waals surface area contributed by atoms with Crippen molar-refractivity contribution in [1.82, 2.24) is 4.90 Å². The summed E-state index contributed by atoms with van der Waals surface area (Å²) < 4.78 is 51.0. The minimum Gasteiger partial charge on any atom is -0.393 e. The zero-order valence-electron chi connectivity index (χ0n) is 10.5. The number of carbonyl (C=O) groups excluding carboxylic acids is 1. The van der Waals surface area contributed by atoms with E-state index in [2.05, 4.69) is 0 Å². The maximum absolute atomic E-state index is 13.2. The highest BCUT2D eigenvalue weighted by molar-refractivity contribution is 5.94. The normalized spacial score (nSPS) is 17.4. The van der Waals surface area contributed by atoms with Crippen LogP contribution in [0, 0.1) is 5.82 Å². The summed E-state index contributed by atoms with van der Waals surface area (Å²) >= 11 is 0. The molecule has 0 saturated carbocycles. The van der Waals surface area contributed by atoms with Gasteiger partial charge >= 0.3 is 6.18 Å². The number of nitrogens with zero attached hydrogens (tertiary/aromatic N) is 1. The van der Waals surface area contributed by atoms with Gasteiger partial charge in [-0.1, -0.05) is 0 Å². The fraction of sp³-hybridized carbons (Fsp3) is 0.462. The van der Waals surface area contributed by atoms with Gasteiger partial charge in [-0.05, 0) is 31.0 Å². The summed E-state index contributed by atoms with van der Waals surface area (Å²) in [6.45, 7) is 0.496. The molecule has 0 bridgehead atoms. The maximum Gasteiger partial charge on any atom is 0.416 e. The number of likely N-dealkylation sites (tertiary alicyclic amines) is 1. The molecule has 1 heterocycles. The summed E-state index contributed by atoms with van der Waals surface area (Å²) in [5.41, 5.74) is -1.51. The number of piperidine rings is 1. The van der Waals surface area contributed by atoms with Crippen LogP contribution in [0.1, 0.15) is 28.8 Å². The van der Waals surface area contributed by atoms with E-state index in [-0.39, 0.29) is 18.7 Å². The molecule has 1 aromatic carbocycles. The first-order valence-electron chi connectivity index (χ1n) is 6.12. The first-order valence-corrected chi connectivity index (χ1v) is 6.12. The Kier molecular flexibility index (Phi) is 3.99. The van der Waals surface area contributed by atoms with E-state index in [1.165, 1.54) is 4.90 Å². The molecule has 7 heteroatoms. The monoisotopic (exact) mass is 291 g/mol. The molecule has 1 aliphatic rings. The second-order valence-electron chi connectivity index (χ2n) is 4.75. The summed E-state index contributed by atoms with van der Waals surface area (Å²) in [5.74, 6) is -1.75. The zero-order chi connectivity index (χ0) is 14.9. The van der Waals surface area contributed by atoms with Crippen molar-refractivity contribution < 1.29 is 27.5 Å². The third kappa shape index (κ3) is 3.27. The smallest absolute Gasteiger partial charge is 0.393 e. The van der Waals surface area contributed by atoms with Crippen LogP contribution in [0.5, 0.6) is 0 Å². The molecule has 110 valence electrons. The number of aliphatic hydroxyl groups excluding tert-OH is 1. The van der Waals surface area contributed by atoms with Gasteiger partial charge in [-0.25, -0.2) is 4.39 Å². The Bertz CT molecular complexity index is 508. The lowest BCUT2D eigenvalue weighted by molar-refractivity contribution is -0.137. The standard InChI is InChI=1S/C13H13F4NO2/c14-10-6-8(5-9(7-10)13(15,16)17)12(20)18-3-1-11(19)2-4-18/h5-7,11,19H,1-4H2. The number of aliphatic hydroxyl groups is 1. The number of alkyl halides is 3. The molecular weight excluding hydrogens is 278 g/mol. The van der Waals surface area contributed by atoms with Crippen molar-refractivity contribution >= 4 is 5.91 Å². The van der Waals surface area contributed by atoms with Crippen molar-refractivity contribution in [2.75, 3.05) is 13.1 Å². The van der Waals surface area contributed by atoms with Crippen molar-refractivity contribution in [3.05, 3.63) is 35.1 Å². The average molecular weight is 291 g/mol. The molecule has 0 unspecified atom stereocenters. The van der Waals surface area contributed by atoms with Gasteiger partial charge in [-0.15, -0.1) is 0 Å². The molecule has 2 rings (SSSR count). The summed E-state index contributed by atoms with van der Waals surface area (Å²) in [6.07, 6.45) is -4.47. The van der Waals surface area contributed by atoms with Crippen molar-refractivity contribution in [3.8, 4) is 0 Å². The molecule has 0 aromatic heterocycles. The van der Waals surface area contributed by atoms with Gasteiger partial charge in [0.25, 0.3) is 5.91 Å². The number of amides is 1. The molecule has 1 aliphatic heterocycles. The van der Waals surface area contributed by atoms with E-state index >= 15 is 0 Å². The second-order valence-corrected chi connectivity index (χ2v) is 4.75. The third-order valence-electron chi connectivity index (χ3n) is 3.22. The minimum absolute atomic E-state index is 0.248. The first kappa shape index (κ1) is 14.8. The van der Waals surface area contributed by atoms with Crippen LogP contribution >= 0.6 is 0 Å². The number of hydrogen-bond acceptors (Lipinski definition) is 2. The fourth-order valence-corrected chi connectivity index (χ4v) is 2.13. The van der Waals surface area contributed by atoms with Gasteiger partial charge in [-0.3, -0.25) is 4.79 Å². The number of carbonyl (C=O) groups is 1. The molecule has 1 N–H and O–H groups in total. The van der Waals surface area contributed by atoms with Crippen LogP contribution in [0.4, 0.5) is 17.6 Å². The highest BCUT2D eigenvalue weighted by Crippen LogP contribution is 2.30. The Morgan fingerprint density at radius 2 is 1.80 bits per heavy atom. The van der Waals surface area contributed by atoms with E-state index in [0.29, 0.717) is 25.0 Å². The highest BCUT2D eigenvalue weighted by atomic mass is 19.4. The zero-order valence-corrected chi connectivity index (χ0v) is 10.5. The number of benzene rings is 1. The van der Waals surface area contributed by atoms with Crippen LogP contribution < -0.4 is 0 Å². The fourth-order valence-electron chi connectivity index (χ4n) is 2.13. The lowest BCUT2D eigenvalue weighted by atomic mass is 10.0. The lowest BCUT2D eigenvalue weighted by Crippen LogP contribution is -2.40. The number of hydrogen-bond donors (Lipinski definition) is 1. The predicted molar refractivity (Wildman–Crippen MR) is 62.5 cm³/mol. The Labute approximate surface area is 112 Å². The van der Waals surface area contributed by atoms with Gasteiger partial charge in [0.2, 0.25) is 0 Å². The number of rotatable bonds is 1. The molecule has 1 fully saturated rings. The summed E-state index contributed by atoms with van der Waals surface area (Å²) in [5, 5.41) is 9.33. The maximum atomic E-state index is 13.2. The van der Waals surface area contributed by atoms with Crippen LogP contribution in [-0.2, 0) is 6.18 Å². The van der Waals surface area contributed by atoms with Crippen LogP contribution in [-0.4, -0.2) is 35.1 Å². The van der Waals surface area contributed by atoms with Crippen molar-refractivity contribution in [2.24, 2.45) is 0 Å². The van der Waals surface area contributed by atoms with Crippen molar-refractivity contribution in [2.45, 2.75) is 25.1 Å². The summed E-state index contributed by atoms with van der Waals surface area (Å²) in [4.78, 5) is 13.4. The van der Waals surface area contributed by atoms with E-state index in [9.17, 15) is 27.5 Å². The van der Waals surface area contributed by atoms with E-state index in [1.54, 1.807) is 0 Å². The molecule has 1 aromatic rings. The van der Waals surface area contributed by atoms with Gasteiger partial charge in [0.1, 0.15) is 5.82 Å². The topological polar surface area (TPSA) is 40.5 Å². The molecule has 1 amide bonds. The largest absolute Gasteiger partial charge is 0.416 e. The van der Waals surface area contributed by atoms with Crippen LogP contribution in [0.3, 0.4) is 0 Å². The Balaban J connectivity index is 2.24.